The van der Waals surface area contributed by atoms with Crippen molar-refractivity contribution >= 4 is 33.7 Å². The molecule has 1 saturated heterocycles. The molecular weight excluding hydrogens is 378 g/mol. The molecule has 1 aliphatic rings. The van der Waals surface area contributed by atoms with Gasteiger partial charge in [0.1, 0.15) is 0 Å². The van der Waals surface area contributed by atoms with Gasteiger partial charge in [-0.05, 0) is 58.6 Å². The number of hydrogen-bond donors (Lipinski definition) is 1. The van der Waals surface area contributed by atoms with E-state index in [9.17, 15) is 4.79 Å². The Hall–Kier alpha value is -2.14. The van der Waals surface area contributed by atoms with Crippen LogP contribution in [0.4, 0.5) is 5.69 Å². The predicted octanol–water partition coefficient (Wildman–Crippen LogP) is 4.59. The van der Waals surface area contributed by atoms with Crippen LogP contribution in [0.15, 0.2) is 58.1 Å². The summed E-state index contributed by atoms with van der Waals surface area (Å²) in [7, 11) is 0. The monoisotopic (exact) mass is 399 g/mol. The summed E-state index contributed by atoms with van der Waals surface area (Å²) in [5.41, 5.74) is 5.35. The standard InChI is InChI=1S/C20H22BrN3O/c21-19-8-4-3-7-18(19)20(25)23-22-15-16-9-11-17(12-10-16)24-13-5-1-2-6-14-24/h3-4,7-12,15H,1-2,5-6,13-14H2,(H,23,25)/b22-15-. The summed E-state index contributed by atoms with van der Waals surface area (Å²) >= 11 is 3.37. The van der Waals surface area contributed by atoms with Crippen LogP contribution in [0.2, 0.25) is 0 Å². The molecule has 130 valence electrons. The lowest BCUT2D eigenvalue weighted by molar-refractivity contribution is 0.0954. The molecule has 2 aromatic rings. The minimum absolute atomic E-state index is 0.232. The Kier molecular flexibility index (Phi) is 6.23. The summed E-state index contributed by atoms with van der Waals surface area (Å²) < 4.78 is 0.754. The second-order valence-corrected chi connectivity index (χ2v) is 7.03. The molecule has 5 heteroatoms. The van der Waals surface area contributed by atoms with E-state index in [2.05, 4.69) is 43.5 Å². The van der Waals surface area contributed by atoms with Gasteiger partial charge in [0.15, 0.2) is 0 Å². The molecule has 1 amide bonds. The fourth-order valence-corrected chi connectivity index (χ4v) is 3.44. The Bertz CT molecular complexity index is 735. The largest absolute Gasteiger partial charge is 0.372 e. The summed E-state index contributed by atoms with van der Waals surface area (Å²) in [4.78, 5) is 14.5. The van der Waals surface area contributed by atoms with Gasteiger partial charge in [0, 0.05) is 23.2 Å². The lowest BCUT2D eigenvalue weighted by Gasteiger charge is -2.22. The van der Waals surface area contributed by atoms with Crippen LogP contribution < -0.4 is 10.3 Å². The highest BCUT2D eigenvalue weighted by Crippen LogP contribution is 2.19. The Morgan fingerprint density at radius 1 is 1.00 bits per heavy atom. The second-order valence-electron chi connectivity index (χ2n) is 6.17. The van der Waals surface area contributed by atoms with Crippen molar-refractivity contribution in [2.24, 2.45) is 5.10 Å². The molecule has 1 fully saturated rings. The molecule has 0 unspecified atom stereocenters. The molecule has 1 aliphatic heterocycles. The van der Waals surface area contributed by atoms with Gasteiger partial charge in [0.05, 0.1) is 11.8 Å². The number of hydrogen-bond acceptors (Lipinski definition) is 3. The summed E-state index contributed by atoms with van der Waals surface area (Å²) in [5.74, 6) is -0.232. The van der Waals surface area contributed by atoms with Crippen LogP contribution in [-0.2, 0) is 0 Å². The molecule has 1 heterocycles. The predicted molar refractivity (Wildman–Crippen MR) is 106 cm³/mol. The van der Waals surface area contributed by atoms with Gasteiger partial charge in [-0.3, -0.25) is 4.79 Å². The number of carbonyl (C=O) groups excluding carboxylic acids is 1. The first kappa shape index (κ1) is 17.7. The third-order valence-corrected chi connectivity index (χ3v) is 5.05. The van der Waals surface area contributed by atoms with Crippen LogP contribution in [0.1, 0.15) is 41.6 Å². The first-order valence-electron chi connectivity index (χ1n) is 8.67. The van der Waals surface area contributed by atoms with Crippen LogP contribution in [-0.4, -0.2) is 25.2 Å². The van der Waals surface area contributed by atoms with E-state index >= 15 is 0 Å². The molecule has 0 aromatic heterocycles. The van der Waals surface area contributed by atoms with Crippen LogP contribution in [0.3, 0.4) is 0 Å². The third kappa shape index (κ3) is 4.92. The molecule has 0 aliphatic carbocycles. The number of benzene rings is 2. The van der Waals surface area contributed by atoms with Crippen LogP contribution in [0.5, 0.6) is 0 Å². The van der Waals surface area contributed by atoms with Crippen LogP contribution in [0, 0.1) is 0 Å². The number of nitrogens with zero attached hydrogens (tertiary/aromatic N) is 2. The second kappa shape index (κ2) is 8.81. The smallest absolute Gasteiger partial charge is 0.272 e. The zero-order valence-electron chi connectivity index (χ0n) is 14.1. The van der Waals surface area contributed by atoms with Gasteiger partial charge < -0.3 is 4.90 Å². The molecule has 0 saturated carbocycles. The molecule has 0 spiro atoms. The number of hydrazone groups is 1. The normalized spacial score (nSPS) is 15.2. The Morgan fingerprint density at radius 2 is 1.68 bits per heavy atom. The van der Waals surface area contributed by atoms with Gasteiger partial charge in [0.2, 0.25) is 0 Å². The number of anilines is 1. The van der Waals surface area contributed by atoms with E-state index in [4.69, 9.17) is 0 Å². The van der Waals surface area contributed by atoms with E-state index < -0.39 is 0 Å². The number of carbonyl (C=O) groups is 1. The van der Waals surface area contributed by atoms with Crippen molar-refractivity contribution in [1.29, 1.82) is 0 Å². The van der Waals surface area contributed by atoms with Crippen LogP contribution in [0.25, 0.3) is 0 Å². The highest BCUT2D eigenvalue weighted by atomic mass is 79.9. The van der Waals surface area contributed by atoms with Crippen LogP contribution >= 0.6 is 15.9 Å². The Balaban J connectivity index is 1.58. The molecule has 0 atom stereocenters. The highest BCUT2D eigenvalue weighted by Gasteiger charge is 2.09. The van der Waals surface area contributed by atoms with E-state index in [0.717, 1.165) is 23.1 Å². The fourth-order valence-electron chi connectivity index (χ4n) is 2.97. The summed E-state index contributed by atoms with van der Waals surface area (Å²) in [5, 5.41) is 4.06. The molecule has 25 heavy (non-hydrogen) atoms. The van der Waals surface area contributed by atoms with Gasteiger partial charge in [-0.2, -0.15) is 5.10 Å². The van der Waals surface area contributed by atoms with Crippen molar-refractivity contribution in [1.82, 2.24) is 5.43 Å². The molecule has 0 radical (unpaired) electrons. The van der Waals surface area contributed by atoms with Crippen molar-refractivity contribution in [2.75, 3.05) is 18.0 Å². The number of rotatable bonds is 4. The third-order valence-electron chi connectivity index (χ3n) is 4.36. The quantitative estimate of drug-likeness (QED) is 0.603. The van der Waals surface area contributed by atoms with Gasteiger partial charge in [-0.15, -0.1) is 0 Å². The zero-order valence-corrected chi connectivity index (χ0v) is 15.7. The summed E-state index contributed by atoms with van der Waals surface area (Å²) in [6.45, 7) is 2.27. The van der Waals surface area contributed by atoms with Crippen molar-refractivity contribution in [3.8, 4) is 0 Å². The fraction of sp³-hybridized carbons (Fsp3) is 0.300. The Morgan fingerprint density at radius 3 is 2.36 bits per heavy atom. The van der Waals surface area contributed by atoms with Crippen molar-refractivity contribution < 1.29 is 4.79 Å². The van der Waals surface area contributed by atoms with Crippen molar-refractivity contribution in [3.63, 3.8) is 0 Å². The van der Waals surface area contributed by atoms with Gasteiger partial charge in [0.25, 0.3) is 5.91 Å². The lowest BCUT2D eigenvalue weighted by Crippen LogP contribution is -2.23. The molecule has 4 nitrogen and oxygen atoms in total. The molecule has 2 aromatic carbocycles. The lowest BCUT2D eigenvalue weighted by atomic mass is 10.2. The zero-order chi connectivity index (χ0) is 17.5. The Labute approximate surface area is 157 Å². The first-order chi connectivity index (χ1) is 12.2. The molecule has 3 rings (SSSR count). The maximum absolute atomic E-state index is 12.1. The van der Waals surface area contributed by atoms with Crippen molar-refractivity contribution in [2.45, 2.75) is 25.7 Å². The maximum Gasteiger partial charge on any atom is 0.272 e. The van der Waals surface area contributed by atoms with Gasteiger partial charge in [-0.25, -0.2) is 5.43 Å². The minimum Gasteiger partial charge on any atom is -0.372 e. The van der Waals surface area contributed by atoms with E-state index in [0.29, 0.717) is 5.56 Å². The summed E-state index contributed by atoms with van der Waals surface area (Å²) in [6.07, 6.45) is 6.87. The SMILES string of the molecule is O=C(N/N=C\c1ccc(N2CCCCCC2)cc1)c1ccccc1Br. The van der Waals surface area contributed by atoms with Gasteiger partial charge in [-0.1, -0.05) is 37.1 Å². The first-order valence-corrected chi connectivity index (χ1v) is 9.46. The van der Waals surface area contributed by atoms with E-state index in [1.165, 1.54) is 31.4 Å². The number of nitrogens with one attached hydrogen (secondary N) is 1. The summed E-state index contributed by atoms with van der Waals surface area (Å²) in [6, 6.07) is 15.6. The average Bonchev–Trinajstić information content (AvgIpc) is 2.92. The van der Waals surface area contributed by atoms with E-state index in [-0.39, 0.29) is 5.91 Å². The van der Waals surface area contributed by atoms with Crippen molar-refractivity contribution in [3.05, 3.63) is 64.1 Å². The minimum atomic E-state index is -0.232. The van der Waals surface area contributed by atoms with Gasteiger partial charge >= 0.3 is 0 Å². The molecule has 0 bridgehead atoms. The number of halogens is 1. The number of amides is 1. The van der Waals surface area contributed by atoms with E-state index in [1.54, 1.807) is 12.3 Å². The maximum atomic E-state index is 12.1. The molecular formula is C20H22BrN3O. The highest BCUT2D eigenvalue weighted by molar-refractivity contribution is 9.10. The van der Waals surface area contributed by atoms with E-state index in [1.807, 2.05) is 30.3 Å². The molecule has 1 N–H and O–H groups in total. The topological polar surface area (TPSA) is 44.7 Å². The average molecular weight is 400 g/mol.